The first-order valence-electron chi connectivity index (χ1n) is 4.64. The van der Waals surface area contributed by atoms with Gasteiger partial charge in [-0.15, -0.1) is 11.6 Å². The molecule has 1 unspecified atom stereocenters. The largest absolute Gasteiger partial charge is 0.118 e. The van der Waals surface area contributed by atoms with E-state index in [-0.39, 0.29) is 5.38 Å². The molecule has 1 heteroatoms. The van der Waals surface area contributed by atoms with Gasteiger partial charge in [0.05, 0.1) is 5.38 Å². The minimum Gasteiger partial charge on any atom is -0.118 e. The van der Waals surface area contributed by atoms with Crippen LogP contribution in [0, 0.1) is 0 Å². The number of alkyl halides is 1. The zero-order valence-corrected chi connectivity index (χ0v) is 8.72. The van der Waals surface area contributed by atoms with Crippen LogP contribution in [0.3, 0.4) is 0 Å². The fraction of sp³-hybridized carbons (Fsp3) is 0.333. The van der Waals surface area contributed by atoms with Crippen LogP contribution in [0.4, 0.5) is 0 Å². The lowest BCUT2D eigenvalue weighted by Crippen LogP contribution is -2.00. The van der Waals surface area contributed by atoms with Gasteiger partial charge >= 0.3 is 0 Å². The van der Waals surface area contributed by atoms with Crippen LogP contribution >= 0.6 is 11.6 Å². The molecule has 1 aromatic carbocycles. The summed E-state index contributed by atoms with van der Waals surface area (Å²) in [6.07, 6.45) is 2.09. The molecule has 0 radical (unpaired) electrons. The van der Waals surface area contributed by atoms with Gasteiger partial charge in [-0.05, 0) is 17.6 Å². The van der Waals surface area contributed by atoms with Gasteiger partial charge in [-0.3, -0.25) is 0 Å². The van der Waals surface area contributed by atoms with Crippen molar-refractivity contribution < 1.29 is 0 Å². The van der Waals surface area contributed by atoms with Crippen LogP contribution in [0.25, 0.3) is 5.57 Å². The average Bonchev–Trinajstić information content (AvgIpc) is 2.18. The molecule has 1 rings (SSSR count). The summed E-state index contributed by atoms with van der Waals surface area (Å²) in [7, 11) is 0. The number of hydrogen-bond donors (Lipinski definition) is 0. The summed E-state index contributed by atoms with van der Waals surface area (Å²) in [5, 5.41) is 0.0763. The second kappa shape index (κ2) is 5.08. The van der Waals surface area contributed by atoms with E-state index in [0.717, 1.165) is 24.0 Å². The monoisotopic (exact) mass is 194 g/mol. The Hall–Kier alpha value is -0.750. The van der Waals surface area contributed by atoms with E-state index >= 15 is 0 Å². The molecule has 0 bridgehead atoms. The fourth-order valence-electron chi connectivity index (χ4n) is 1.26. The van der Waals surface area contributed by atoms with Crippen molar-refractivity contribution in [1.29, 1.82) is 0 Å². The molecule has 0 saturated heterocycles. The molecule has 0 fully saturated rings. The third-order valence-corrected chi connectivity index (χ3v) is 2.55. The van der Waals surface area contributed by atoms with Crippen LogP contribution < -0.4 is 0 Å². The molecule has 70 valence electrons. The Labute approximate surface area is 85.2 Å². The molecule has 0 aliphatic carbocycles. The number of rotatable bonds is 4. The molecule has 13 heavy (non-hydrogen) atoms. The highest BCUT2D eigenvalue weighted by Gasteiger charge is 2.08. The van der Waals surface area contributed by atoms with Crippen molar-refractivity contribution in [3.05, 3.63) is 42.5 Å². The molecule has 0 heterocycles. The second-order valence-electron chi connectivity index (χ2n) is 3.15. The molecule has 0 aliphatic heterocycles. The van der Waals surface area contributed by atoms with Crippen LogP contribution in [-0.4, -0.2) is 5.38 Å². The van der Waals surface area contributed by atoms with E-state index in [1.807, 2.05) is 30.3 Å². The van der Waals surface area contributed by atoms with Crippen molar-refractivity contribution in [3.63, 3.8) is 0 Å². The third kappa shape index (κ3) is 2.89. The first kappa shape index (κ1) is 10.3. The molecule has 0 aromatic heterocycles. The van der Waals surface area contributed by atoms with Crippen molar-refractivity contribution in [3.8, 4) is 0 Å². The number of benzene rings is 1. The first-order valence-corrected chi connectivity index (χ1v) is 5.07. The highest BCUT2D eigenvalue weighted by molar-refractivity contribution is 6.26. The minimum absolute atomic E-state index is 0.0763. The van der Waals surface area contributed by atoms with E-state index in [4.69, 9.17) is 11.6 Å². The summed E-state index contributed by atoms with van der Waals surface area (Å²) in [6, 6.07) is 10.1. The van der Waals surface area contributed by atoms with Crippen LogP contribution in [0.1, 0.15) is 25.3 Å². The summed E-state index contributed by atoms with van der Waals surface area (Å²) in [6.45, 7) is 6.14. The van der Waals surface area contributed by atoms with E-state index in [1.165, 1.54) is 0 Å². The Morgan fingerprint density at radius 3 is 2.54 bits per heavy atom. The standard InChI is InChI=1S/C12H15Cl/c1-3-7-12(13)10(2)11-8-5-4-6-9-11/h4-6,8-9,12H,2-3,7H2,1H3. The van der Waals surface area contributed by atoms with Gasteiger partial charge in [0.15, 0.2) is 0 Å². The summed E-state index contributed by atoms with van der Waals surface area (Å²) >= 11 is 6.17. The van der Waals surface area contributed by atoms with E-state index in [9.17, 15) is 0 Å². The Morgan fingerprint density at radius 1 is 1.38 bits per heavy atom. The quantitative estimate of drug-likeness (QED) is 0.633. The molecule has 1 aromatic rings. The lowest BCUT2D eigenvalue weighted by molar-refractivity contribution is 0.831. The normalized spacial score (nSPS) is 12.5. The van der Waals surface area contributed by atoms with E-state index in [2.05, 4.69) is 13.5 Å². The summed E-state index contributed by atoms with van der Waals surface area (Å²) in [5.41, 5.74) is 2.18. The zero-order valence-electron chi connectivity index (χ0n) is 7.96. The third-order valence-electron chi connectivity index (χ3n) is 2.06. The predicted octanol–water partition coefficient (Wildman–Crippen LogP) is 4.11. The van der Waals surface area contributed by atoms with Gasteiger partial charge in [-0.25, -0.2) is 0 Å². The van der Waals surface area contributed by atoms with Gasteiger partial charge in [0, 0.05) is 0 Å². The maximum Gasteiger partial charge on any atom is 0.0585 e. The Balaban J connectivity index is 2.68. The van der Waals surface area contributed by atoms with E-state index in [1.54, 1.807) is 0 Å². The number of halogens is 1. The van der Waals surface area contributed by atoms with Crippen molar-refractivity contribution in [2.75, 3.05) is 0 Å². The van der Waals surface area contributed by atoms with Crippen molar-refractivity contribution in [1.82, 2.24) is 0 Å². The molecule has 0 aliphatic rings. The molecule has 0 saturated carbocycles. The molecule has 0 N–H and O–H groups in total. The first-order chi connectivity index (χ1) is 6.25. The average molecular weight is 195 g/mol. The van der Waals surface area contributed by atoms with E-state index < -0.39 is 0 Å². The molecular formula is C12H15Cl. The van der Waals surface area contributed by atoms with Gasteiger partial charge in [-0.1, -0.05) is 50.3 Å². The van der Waals surface area contributed by atoms with Gasteiger partial charge in [-0.2, -0.15) is 0 Å². The highest BCUT2D eigenvalue weighted by atomic mass is 35.5. The lowest BCUT2D eigenvalue weighted by Gasteiger charge is -2.11. The molecule has 0 amide bonds. The zero-order chi connectivity index (χ0) is 9.68. The molecule has 0 nitrogen and oxygen atoms in total. The lowest BCUT2D eigenvalue weighted by atomic mass is 10.0. The second-order valence-corrected chi connectivity index (χ2v) is 3.67. The maximum atomic E-state index is 6.17. The van der Waals surface area contributed by atoms with Gasteiger partial charge in [0.1, 0.15) is 0 Å². The van der Waals surface area contributed by atoms with Crippen LogP contribution in [-0.2, 0) is 0 Å². The minimum atomic E-state index is 0.0763. The maximum absolute atomic E-state index is 6.17. The number of allylic oxidation sites excluding steroid dienone is 1. The Kier molecular flexibility index (Phi) is 4.04. The van der Waals surface area contributed by atoms with Gasteiger partial charge in [0.2, 0.25) is 0 Å². The van der Waals surface area contributed by atoms with Crippen molar-refractivity contribution in [2.24, 2.45) is 0 Å². The van der Waals surface area contributed by atoms with Crippen LogP contribution in [0.15, 0.2) is 36.9 Å². The Morgan fingerprint density at radius 2 is 2.00 bits per heavy atom. The van der Waals surface area contributed by atoms with Gasteiger partial charge < -0.3 is 0 Å². The highest BCUT2D eigenvalue weighted by Crippen LogP contribution is 2.23. The summed E-state index contributed by atoms with van der Waals surface area (Å²) in [4.78, 5) is 0. The Bertz CT molecular complexity index is 264. The van der Waals surface area contributed by atoms with Crippen molar-refractivity contribution in [2.45, 2.75) is 25.1 Å². The van der Waals surface area contributed by atoms with Crippen LogP contribution in [0.2, 0.25) is 0 Å². The summed E-state index contributed by atoms with van der Waals surface area (Å²) < 4.78 is 0. The smallest absolute Gasteiger partial charge is 0.0585 e. The van der Waals surface area contributed by atoms with Crippen LogP contribution in [0.5, 0.6) is 0 Å². The SMILES string of the molecule is C=C(c1ccccc1)C(Cl)CCC. The summed E-state index contributed by atoms with van der Waals surface area (Å²) in [5.74, 6) is 0. The molecular weight excluding hydrogens is 180 g/mol. The van der Waals surface area contributed by atoms with Crippen molar-refractivity contribution >= 4 is 17.2 Å². The number of hydrogen-bond acceptors (Lipinski definition) is 0. The topological polar surface area (TPSA) is 0 Å². The van der Waals surface area contributed by atoms with E-state index in [0.29, 0.717) is 0 Å². The molecule has 0 spiro atoms. The molecule has 1 atom stereocenters. The predicted molar refractivity (Wildman–Crippen MR) is 60.0 cm³/mol. The fourth-order valence-corrected chi connectivity index (χ4v) is 1.60. The van der Waals surface area contributed by atoms with Gasteiger partial charge in [0.25, 0.3) is 0 Å².